The van der Waals surface area contributed by atoms with Crippen LogP contribution in [0.4, 0.5) is 5.82 Å². The van der Waals surface area contributed by atoms with Gasteiger partial charge in [0.25, 0.3) is 0 Å². The molecule has 1 aliphatic heterocycles. The van der Waals surface area contributed by atoms with Crippen LogP contribution in [0.15, 0.2) is 18.3 Å². The SMILES string of the molecule is CCCNc1ccc([C@@H]2CCCCN2)cn1. The molecular weight excluding hydrogens is 198 g/mol. The summed E-state index contributed by atoms with van der Waals surface area (Å²) in [5.41, 5.74) is 1.32. The van der Waals surface area contributed by atoms with Crippen molar-refractivity contribution in [3.63, 3.8) is 0 Å². The fraction of sp³-hybridized carbons (Fsp3) is 0.615. The summed E-state index contributed by atoms with van der Waals surface area (Å²) in [5, 5.41) is 6.83. The maximum atomic E-state index is 4.44. The van der Waals surface area contributed by atoms with E-state index < -0.39 is 0 Å². The minimum absolute atomic E-state index is 0.515. The van der Waals surface area contributed by atoms with Crippen molar-refractivity contribution < 1.29 is 0 Å². The molecule has 2 heterocycles. The molecule has 0 bridgehead atoms. The van der Waals surface area contributed by atoms with Crippen molar-refractivity contribution in [3.8, 4) is 0 Å². The molecule has 2 N–H and O–H groups in total. The van der Waals surface area contributed by atoms with E-state index in [0.717, 1.165) is 25.3 Å². The maximum Gasteiger partial charge on any atom is 0.125 e. The van der Waals surface area contributed by atoms with E-state index in [4.69, 9.17) is 0 Å². The van der Waals surface area contributed by atoms with Crippen LogP contribution in [0.2, 0.25) is 0 Å². The van der Waals surface area contributed by atoms with Crippen LogP contribution < -0.4 is 10.6 Å². The zero-order valence-electron chi connectivity index (χ0n) is 10.00. The summed E-state index contributed by atoms with van der Waals surface area (Å²) in [6, 6.07) is 4.79. The highest BCUT2D eigenvalue weighted by Crippen LogP contribution is 2.22. The number of rotatable bonds is 4. The minimum atomic E-state index is 0.515. The molecule has 1 fully saturated rings. The van der Waals surface area contributed by atoms with Gasteiger partial charge in [0, 0.05) is 18.8 Å². The Bertz CT molecular complexity index is 301. The maximum absolute atomic E-state index is 4.44. The number of nitrogens with one attached hydrogen (secondary N) is 2. The molecule has 1 aromatic heterocycles. The fourth-order valence-corrected chi connectivity index (χ4v) is 2.11. The van der Waals surface area contributed by atoms with Crippen LogP contribution >= 0.6 is 0 Å². The standard InChI is InChI=1S/C13H21N3/c1-2-8-15-13-7-6-11(10-16-13)12-5-3-4-9-14-12/h6-7,10,12,14H,2-5,8-9H2,1H3,(H,15,16)/t12-/m0/s1. The van der Waals surface area contributed by atoms with Gasteiger partial charge < -0.3 is 10.6 Å². The largest absolute Gasteiger partial charge is 0.370 e. The van der Waals surface area contributed by atoms with Gasteiger partial charge in [0.2, 0.25) is 0 Å². The molecule has 0 spiro atoms. The molecule has 1 saturated heterocycles. The van der Waals surface area contributed by atoms with Crippen LogP contribution in [0.25, 0.3) is 0 Å². The van der Waals surface area contributed by atoms with E-state index in [1.54, 1.807) is 0 Å². The molecule has 3 nitrogen and oxygen atoms in total. The molecule has 2 rings (SSSR count). The second-order valence-electron chi connectivity index (χ2n) is 4.41. The van der Waals surface area contributed by atoms with Crippen molar-refractivity contribution in [2.45, 2.75) is 38.6 Å². The Kier molecular flexibility index (Phi) is 4.17. The van der Waals surface area contributed by atoms with E-state index >= 15 is 0 Å². The van der Waals surface area contributed by atoms with Crippen LogP contribution in [0.3, 0.4) is 0 Å². The summed E-state index contributed by atoms with van der Waals surface area (Å²) in [6.45, 7) is 4.29. The van der Waals surface area contributed by atoms with Crippen LogP contribution in [0.5, 0.6) is 0 Å². The van der Waals surface area contributed by atoms with Crippen LogP contribution in [-0.2, 0) is 0 Å². The van der Waals surface area contributed by atoms with Gasteiger partial charge in [-0.3, -0.25) is 0 Å². The van der Waals surface area contributed by atoms with E-state index in [-0.39, 0.29) is 0 Å². The Morgan fingerprint density at radius 1 is 1.44 bits per heavy atom. The van der Waals surface area contributed by atoms with Gasteiger partial charge in [0.15, 0.2) is 0 Å². The molecule has 0 unspecified atom stereocenters. The zero-order chi connectivity index (χ0) is 11.2. The summed E-state index contributed by atoms with van der Waals surface area (Å²) < 4.78 is 0. The number of nitrogens with zero attached hydrogens (tertiary/aromatic N) is 1. The van der Waals surface area contributed by atoms with E-state index in [2.05, 4.69) is 34.7 Å². The highest BCUT2D eigenvalue weighted by Gasteiger charge is 2.14. The van der Waals surface area contributed by atoms with Crippen molar-refractivity contribution >= 4 is 5.82 Å². The van der Waals surface area contributed by atoms with Crippen molar-refractivity contribution in [1.29, 1.82) is 0 Å². The molecule has 1 atom stereocenters. The van der Waals surface area contributed by atoms with E-state index in [9.17, 15) is 0 Å². The summed E-state index contributed by atoms with van der Waals surface area (Å²) in [4.78, 5) is 4.44. The minimum Gasteiger partial charge on any atom is -0.370 e. The molecule has 0 aliphatic carbocycles. The van der Waals surface area contributed by atoms with Crippen molar-refractivity contribution in [2.24, 2.45) is 0 Å². The molecule has 3 heteroatoms. The van der Waals surface area contributed by atoms with Gasteiger partial charge in [-0.05, 0) is 37.4 Å². The molecule has 0 saturated carbocycles. The highest BCUT2D eigenvalue weighted by molar-refractivity contribution is 5.36. The Labute approximate surface area is 97.7 Å². The predicted octanol–water partition coefficient (Wildman–Crippen LogP) is 2.72. The van der Waals surface area contributed by atoms with Gasteiger partial charge in [0.05, 0.1) is 0 Å². The van der Waals surface area contributed by atoms with E-state index in [1.807, 2.05) is 6.20 Å². The van der Waals surface area contributed by atoms with Crippen LogP contribution in [-0.4, -0.2) is 18.1 Å². The number of anilines is 1. The Hall–Kier alpha value is -1.09. The second-order valence-corrected chi connectivity index (χ2v) is 4.41. The lowest BCUT2D eigenvalue weighted by Crippen LogP contribution is -2.26. The first kappa shape index (κ1) is 11.4. The average Bonchev–Trinajstić information content (AvgIpc) is 2.38. The van der Waals surface area contributed by atoms with Gasteiger partial charge in [-0.2, -0.15) is 0 Å². The van der Waals surface area contributed by atoms with Crippen LogP contribution in [0, 0.1) is 0 Å². The smallest absolute Gasteiger partial charge is 0.125 e. The molecule has 0 aromatic carbocycles. The fourth-order valence-electron chi connectivity index (χ4n) is 2.11. The summed E-state index contributed by atoms with van der Waals surface area (Å²) in [7, 11) is 0. The number of aromatic nitrogens is 1. The van der Waals surface area contributed by atoms with Gasteiger partial charge in [0.1, 0.15) is 5.82 Å². The first-order valence-corrected chi connectivity index (χ1v) is 6.33. The first-order chi connectivity index (χ1) is 7.90. The molecule has 0 amide bonds. The highest BCUT2D eigenvalue weighted by atomic mass is 15.0. The summed E-state index contributed by atoms with van der Waals surface area (Å²) in [6.07, 6.45) is 7.01. The number of hydrogen-bond acceptors (Lipinski definition) is 3. The predicted molar refractivity (Wildman–Crippen MR) is 67.6 cm³/mol. The number of piperidine rings is 1. The Morgan fingerprint density at radius 2 is 2.38 bits per heavy atom. The molecule has 0 radical (unpaired) electrons. The molecule has 88 valence electrons. The third kappa shape index (κ3) is 2.95. The molecule has 1 aromatic rings. The second kappa shape index (κ2) is 5.85. The lowest BCUT2D eigenvalue weighted by Gasteiger charge is -2.23. The van der Waals surface area contributed by atoms with Crippen molar-refractivity contribution in [2.75, 3.05) is 18.4 Å². The Balaban J connectivity index is 1.95. The average molecular weight is 219 g/mol. The summed E-state index contributed by atoms with van der Waals surface area (Å²) in [5.74, 6) is 0.987. The van der Waals surface area contributed by atoms with Gasteiger partial charge in [-0.15, -0.1) is 0 Å². The van der Waals surface area contributed by atoms with Crippen molar-refractivity contribution in [3.05, 3.63) is 23.9 Å². The molecular formula is C13H21N3. The Morgan fingerprint density at radius 3 is 3.00 bits per heavy atom. The van der Waals surface area contributed by atoms with E-state index in [1.165, 1.54) is 24.8 Å². The lowest BCUT2D eigenvalue weighted by molar-refractivity contribution is 0.411. The topological polar surface area (TPSA) is 37.0 Å². The van der Waals surface area contributed by atoms with Crippen molar-refractivity contribution in [1.82, 2.24) is 10.3 Å². The van der Waals surface area contributed by atoms with Gasteiger partial charge >= 0.3 is 0 Å². The third-order valence-corrected chi connectivity index (χ3v) is 3.06. The quantitative estimate of drug-likeness (QED) is 0.817. The van der Waals surface area contributed by atoms with Gasteiger partial charge in [-0.25, -0.2) is 4.98 Å². The first-order valence-electron chi connectivity index (χ1n) is 6.33. The lowest BCUT2D eigenvalue weighted by atomic mass is 9.99. The molecule has 1 aliphatic rings. The third-order valence-electron chi connectivity index (χ3n) is 3.06. The zero-order valence-corrected chi connectivity index (χ0v) is 10.00. The van der Waals surface area contributed by atoms with E-state index in [0.29, 0.717) is 6.04 Å². The summed E-state index contributed by atoms with van der Waals surface area (Å²) >= 11 is 0. The van der Waals surface area contributed by atoms with Gasteiger partial charge in [-0.1, -0.05) is 19.4 Å². The molecule has 16 heavy (non-hydrogen) atoms. The number of pyridine rings is 1. The number of hydrogen-bond donors (Lipinski definition) is 2. The normalized spacial score (nSPS) is 20.7. The van der Waals surface area contributed by atoms with Crippen LogP contribution in [0.1, 0.15) is 44.2 Å². The monoisotopic (exact) mass is 219 g/mol.